The van der Waals surface area contributed by atoms with Crippen molar-refractivity contribution in [3.05, 3.63) is 47.7 Å². The normalized spacial score (nSPS) is 18.7. The fourth-order valence-corrected chi connectivity index (χ4v) is 4.36. The number of anilines is 2. The first-order chi connectivity index (χ1) is 13.3. The van der Waals surface area contributed by atoms with Gasteiger partial charge in [-0.3, -0.25) is 9.11 Å². The Morgan fingerprint density at radius 2 is 2.00 bits per heavy atom. The molecule has 0 amide bonds. The van der Waals surface area contributed by atoms with E-state index < -0.39 is 16.7 Å². The molecule has 2 aromatic rings. The lowest BCUT2D eigenvalue weighted by atomic mass is 10.0. The third-order valence-electron chi connectivity index (χ3n) is 5.00. The number of nitrogens with one attached hydrogen (secondary N) is 2. The Morgan fingerprint density at radius 1 is 1.29 bits per heavy atom. The van der Waals surface area contributed by atoms with E-state index in [0.717, 1.165) is 31.0 Å². The van der Waals surface area contributed by atoms with Crippen molar-refractivity contribution in [2.75, 3.05) is 35.9 Å². The minimum atomic E-state index is -3.74. The fourth-order valence-electron chi connectivity index (χ4n) is 3.24. The zero-order valence-corrected chi connectivity index (χ0v) is 17.3. The number of hydrogen-bond donors (Lipinski definition) is 2. The smallest absolute Gasteiger partial charge is 0.261 e. The summed E-state index contributed by atoms with van der Waals surface area (Å²) in [5, 5.41) is 3.39. The number of alkyl halides is 1. The van der Waals surface area contributed by atoms with E-state index in [1.54, 1.807) is 32.0 Å². The highest BCUT2D eigenvalue weighted by Gasteiger charge is 2.20. The van der Waals surface area contributed by atoms with Crippen molar-refractivity contribution in [2.24, 2.45) is 0 Å². The molecule has 1 aromatic carbocycles. The van der Waals surface area contributed by atoms with Crippen LogP contribution in [0.5, 0.6) is 0 Å². The molecule has 2 N–H and O–H groups in total. The van der Waals surface area contributed by atoms with Gasteiger partial charge in [-0.1, -0.05) is 19.1 Å². The lowest BCUT2D eigenvalue weighted by molar-refractivity contribution is 0.447. The average molecular weight is 407 g/mol. The Balaban J connectivity index is 1.76. The van der Waals surface area contributed by atoms with E-state index in [0.29, 0.717) is 17.4 Å². The van der Waals surface area contributed by atoms with E-state index >= 15 is 0 Å². The van der Waals surface area contributed by atoms with Crippen LogP contribution >= 0.6 is 0 Å². The standard InChI is InChI=1S/C20H27FN4O2S/c1-14(12-21)17-4-6-18(7-5-17)28(26,27)24-19-8-9-20(23-16(19)3)25-11-10-22-15(2)13-25/h4-9,14-15,22,24H,10-13H2,1-3H3. The van der Waals surface area contributed by atoms with Crippen molar-refractivity contribution >= 4 is 21.5 Å². The van der Waals surface area contributed by atoms with Crippen LogP contribution in [0.1, 0.15) is 31.0 Å². The largest absolute Gasteiger partial charge is 0.354 e. The van der Waals surface area contributed by atoms with Crippen molar-refractivity contribution in [1.29, 1.82) is 0 Å². The number of aromatic nitrogens is 1. The molecule has 0 spiro atoms. The Labute approximate surface area is 166 Å². The van der Waals surface area contributed by atoms with Crippen LogP contribution in [0.15, 0.2) is 41.3 Å². The number of nitrogens with zero attached hydrogens (tertiary/aromatic N) is 2. The van der Waals surface area contributed by atoms with Crippen molar-refractivity contribution < 1.29 is 12.8 Å². The lowest BCUT2D eigenvalue weighted by Gasteiger charge is -2.33. The summed E-state index contributed by atoms with van der Waals surface area (Å²) in [4.78, 5) is 6.92. The Kier molecular flexibility index (Phi) is 6.20. The van der Waals surface area contributed by atoms with Crippen molar-refractivity contribution in [1.82, 2.24) is 10.3 Å². The molecule has 8 heteroatoms. The highest BCUT2D eigenvalue weighted by molar-refractivity contribution is 7.92. The minimum Gasteiger partial charge on any atom is -0.354 e. The van der Waals surface area contributed by atoms with Gasteiger partial charge in [0.1, 0.15) is 5.82 Å². The SMILES string of the molecule is Cc1nc(N2CCNC(C)C2)ccc1NS(=O)(=O)c1ccc(C(C)CF)cc1. The van der Waals surface area contributed by atoms with E-state index in [4.69, 9.17) is 0 Å². The third-order valence-corrected chi connectivity index (χ3v) is 6.38. The summed E-state index contributed by atoms with van der Waals surface area (Å²) < 4.78 is 40.8. The maximum Gasteiger partial charge on any atom is 0.261 e. The van der Waals surface area contributed by atoms with Gasteiger partial charge in [0.2, 0.25) is 0 Å². The molecule has 0 aliphatic carbocycles. The molecule has 152 valence electrons. The monoisotopic (exact) mass is 406 g/mol. The molecule has 28 heavy (non-hydrogen) atoms. The van der Waals surface area contributed by atoms with Gasteiger partial charge in [0.25, 0.3) is 10.0 Å². The van der Waals surface area contributed by atoms with Crippen LogP contribution in [0.2, 0.25) is 0 Å². The molecule has 0 bridgehead atoms. The molecule has 2 heterocycles. The maximum atomic E-state index is 12.8. The molecule has 2 unspecified atom stereocenters. The van der Waals surface area contributed by atoms with Gasteiger partial charge in [-0.05, 0) is 43.7 Å². The van der Waals surface area contributed by atoms with Gasteiger partial charge in [0, 0.05) is 31.6 Å². The number of pyridine rings is 1. The number of benzene rings is 1. The summed E-state index contributed by atoms with van der Waals surface area (Å²) in [6.07, 6.45) is 0. The second kappa shape index (κ2) is 8.45. The summed E-state index contributed by atoms with van der Waals surface area (Å²) in [6.45, 7) is 7.82. The summed E-state index contributed by atoms with van der Waals surface area (Å²) in [5.74, 6) is 0.592. The maximum absolute atomic E-state index is 12.8. The predicted molar refractivity (Wildman–Crippen MR) is 110 cm³/mol. The third kappa shape index (κ3) is 4.62. The summed E-state index contributed by atoms with van der Waals surface area (Å²) in [7, 11) is -3.74. The molecule has 1 fully saturated rings. The fraction of sp³-hybridized carbons (Fsp3) is 0.450. The van der Waals surface area contributed by atoms with Gasteiger partial charge in [-0.25, -0.2) is 13.4 Å². The molecule has 6 nitrogen and oxygen atoms in total. The second-order valence-corrected chi connectivity index (χ2v) is 9.02. The molecular weight excluding hydrogens is 379 g/mol. The topological polar surface area (TPSA) is 74.3 Å². The zero-order chi connectivity index (χ0) is 20.3. The predicted octanol–water partition coefficient (Wildman–Crippen LogP) is 3.06. The summed E-state index contributed by atoms with van der Waals surface area (Å²) in [5.41, 5.74) is 1.84. The van der Waals surface area contributed by atoms with Crippen molar-refractivity contribution in [3.8, 4) is 0 Å². The number of aryl methyl sites for hydroxylation is 1. The van der Waals surface area contributed by atoms with E-state index in [9.17, 15) is 12.8 Å². The molecule has 2 atom stereocenters. The van der Waals surface area contributed by atoms with Crippen LogP contribution in [0.25, 0.3) is 0 Å². The first kappa shape index (κ1) is 20.5. The Morgan fingerprint density at radius 3 is 2.61 bits per heavy atom. The summed E-state index contributed by atoms with van der Waals surface area (Å²) in [6, 6.07) is 10.3. The molecular formula is C20H27FN4O2S. The Bertz CT molecular complexity index is 918. The first-order valence-electron chi connectivity index (χ1n) is 9.45. The quantitative estimate of drug-likeness (QED) is 0.771. The molecule has 1 aromatic heterocycles. The highest BCUT2D eigenvalue weighted by atomic mass is 32.2. The molecule has 0 saturated carbocycles. The van der Waals surface area contributed by atoms with Crippen molar-refractivity contribution in [3.63, 3.8) is 0 Å². The van der Waals surface area contributed by atoms with Crippen LogP contribution in [-0.2, 0) is 10.0 Å². The minimum absolute atomic E-state index is 0.140. The first-order valence-corrected chi connectivity index (χ1v) is 10.9. The van der Waals surface area contributed by atoms with Gasteiger partial charge >= 0.3 is 0 Å². The van der Waals surface area contributed by atoms with Crippen molar-refractivity contribution in [2.45, 2.75) is 37.6 Å². The lowest BCUT2D eigenvalue weighted by Crippen LogP contribution is -2.49. The van der Waals surface area contributed by atoms with Gasteiger partial charge in [0.15, 0.2) is 0 Å². The van der Waals surface area contributed by atoms with Crippen LogP contribution in [0.3, 0.4) is 0 Å². The van der Waals surface area contributed by atoms with Gasteiger partial charge in [0.05, 0.1) is 23.0 Å². The zero-order valence-electron chi connectivity index (χ0n) is 16.4. The van der Waals surface area contributed by atoms with Crippen LogP contribution in [0, 0.1) is 6.92 Å². The molecule has 0 radical (unpaired) electrons. The van der Waals surface area contributed by atoms with Gasteiger partial charge in [-0.15, -0.1) is 0 Å². The van der Waals surface area contributed by atoms with E-state index in [2.05, 4.69) is 26.8 Å². The highest BCUT2D eigenvalue weighted by Crippen LogP contribution is 2.24. The Hall–Kier alpha value is -2.19. The van der Waals surface area contributed by atoms with E-state index in [1.165, 1.54) is 12.1 Å². The van der Waals surface area contributed by atoms with Crippen LogP contribution in [-0.4, -0.2) is 45.8 Å². The number of piperazine rings is 1. The van der Waals surface area contributed by atoms with Gasteiger partial charge < -0.3 is 10.2 Å². The molecule has 3 rings (SSSR count). The number of sulfonamides is 1. The van der Waals surface area contributed by atoms with E-state index in [1.807, 2.05) is 6.07 Å². The number of halogens is 1. The average Bonchev–Trinajstić information content (AvgIpc) is 2.69. The molecule has 1 aliphatic heterocycles. The summed E-state index contributed by atoms with van der Waals surface area (Å²) >= 11 is 0. The van der Waals surface area contributed by atoms with Crippen LogP contribution < -0.4 is 14.9 Å². The van der Waals surface area contributed by atoms with Crippen LogP contribution in [0.4, 0.5) is 15.9 Å². The van der Waals surface area contributed by atoms with Gasteiger partial charge in [-0.2, -0.15) is 0 Å². The molecule has 1 aliphatic rings. The number of rotatable bonds is 6. The van der Waals surface area contributed by atoms with E-state index in [-0.39, 0.29) is 10.8 Å². The second-order valence-electron chi connectivity index (χ2n) is 7.33. The molecule has 1 saturated heterocycles. The number of hydrogen-bond acceptors (Lipinski definition) is 5.